The van der Waals surface area contributed by atoms with Crippen LogP contribution >= 0.6 is 11.5 Å². The first kappa shape index (κ1) is 12.1. The largest absolute Gasteiger partial charge is 0.420 e. The van der Waals surface area contributed by atoms with E-state index in [-0.39, 0.29) is 0 Å². The van der Waals surface area contributed by atoms with Gasteiger partial charge in [0.15, 0.2) is 0 Å². The molecule has 0 saturated carbocycles. The van der Waals surface area contributed by atoms with Gasteiger partial charge in [-0.05, 0) is 18.5 Å². The van der Waals surface area contributed by atoms with Gasteiger partial charge in [-0.2, -0.15) is 0 Å². The van der Waals surface area contributed by atoms with E-state index in [4.69, 9.17) is 4.42 Å². The third-order valence-corrected chi connectivity index (χ3v) is 3.02. The Bertz CT molecular complexity index is 479. The third kappa shape index (κ3) is 3.07. The average molecular weight is 253 g/mol. The Kier molecular flexibility index (Phi) is 3.80. The predicted molar refractivity (Wildman–Crippen MR) is 64.8 cm³/mol. The summed E-state index contributed by atoms with van der Waals surface area (Å²) in [7, 11) is 0. The number of aryl methyl sites for hydroxylation is 1. The van der Waals surface area contributed by atoms with E-state index in [9.17, 15) is 0 Å². The second kappa shape index (κ2) is 5.33. The maximum atomic E-state index is 5.56. The van der Waals surface area contributed by atoms with Crippen LogP contribution in [0.3, 0.4) is 0 Å². The second-order valence-electron chi connectivity index (χ2n) is 4.05. The summed E-state index contributed by atoms with van der Waals surface area (Å²) in [5.74, 6) is 1.15. The van der Waals surface area contributed by atoms with Gasteiger partial charge in [-0.1, -0.05) is 18.3 Å². The molecule has 1 N–H and O–H groups in total. The fourth-order valence-corrected chi connectivity index (χ4v) is 1.92. The smallest absolute Gasteiger partial charge is 0.261 e. The number of nitrogens with one attached hydrogen (secondary N) is 1. The average Bonchev–Trinajstić information content (AvgIpc) is 2.86. The van der Waals surface area contributed by atoms with Crippen LogP contribution in [0.2, 0.25) is 0 Å². The van der Waals surface area contributed by atoms with Gasteiger partial charge in [0.2, 0.25) is 5.89 Å². The Balaban J connectivity index is 1.99. The van der Waals surface area contributed by atoms with Gasteiger partial charge in [0.1, 0.15) is 4.88 Å². The van der Waals surface area contributed by atoms with Crippen LogP contribution in [-0.2, 0) is 6.42 Å². The lowest BCUT2D eigenvalue weighted by atomic mass is 10.3. The van der Waals surface area contributed by atoms with Crippen molar-refractivity contribution in [1.82, 2.24) is 25.1 Å². The summed E-state index contributed by atoms with van der Waals surface area (Å²) in [5, 5.41) is 15.2. The van der Waals surface area contributed by atoms with Gasteiger partial charge in [0, 0.05) is 19.0 Å². The molecular weight excluding hydrogens is 238 g/mol. The molecule has 0 aliphatic rings. The molecule has 7 heteroatoms. The van der Waals surface area contributed by atoms with Crippen LogP contribution in [0, 0.1) is 6.92 Å². The molecule has 0 radical (unpaired) electrons. The summed E-state index contributed by atoms with van der Waals surface area (Å²) in [6.07, 6.45) is 0.733. The normalized spacial score (nSPS) is 11.3. The highest BCUT2D eigenvalue weighted by molar-refractivity contribution is 7.09. The fourth-order valence-electron chi connectivity index (χ4n) is 1.34. The maximum Gasteiger partial charge on any atom is 0.261 e. The first-order valence-electron chi connectivity index (χ1n) is 5.52. The van der Waals surface area contributed by atoms with Crippen molar-refractivity contribution in [3.8, 4) is 10.8 Å². The minimum Gasteiger partial charge on any atom is -0.420 e. The zero-order valence-electron chi connectivity index (χ0n) is 10.1. The molecule has 0 aliphatic heterocycles. The standard InChI is InChI=1S/C10H15N5OS/c1-6(2)11-5-4-8-13-14-10(16-8)9-7(3)12-15-17-9/h6,11H,4-5H2,1-3H3. The summed E-state index contributed by atoms with van der Waals surface area (Å²) in [4.78, 5) is 0.848. The molecule has 2 rings (SSSR count). The van der Waals surface area contributed by atoms with Crippen molar-refractivity contribution in [3.63, 3.8) is 0 Å². The van der Waals surface area contributed by atoms with Gasteiger partial charge in [-0.15, -0.1) is 15.3 Å². The number of rotatable bonds is 5. The molecule has 0 bridgehead atoms. The SMILES string of the molecule is Cc1nnsc1-c1nnc(CCNC(C)C)o1. The lowest BCUT2D eigenvalue weighted by molar-refractivity contribution is 0.485. The fraction of sp³-hybridized carbons (Fsp3) is 0.600. The lowest BCUT2D eigenvalue weighted by Gasteiger charge is -2.04. The topological polar surface area (TPSA) is 76.7 Å². The van der Waals surface area contributed by atoms with Crippen LogP contribution in [0.25, 0.3) is 10.8 Å². The quantitative estimate of drug-likeness (QED) is 0.868. The highest BCUT2D eigenvalue weighted by atomic mass is 32.1. The predicted octanol–water partition coefficient (Wildman–Crippen LogP) is 1.44. The van der Waals surface area contributed by atoms with Crippen molar-refractivity contribution in [2.45, 2.75) is 33.2 Å². The van der Waals surface area contributed by atoms with E-state index >= 15 is 0 Å². The zero-order chi connectivity index (χ0) is 12.3. The minimum absolute atomic E-state index is 0.463. The molecule has 0 atom stereocenters. The first-order valence-corrected chi connectivity index (χ1v) is 6.29. The van der Waals surface area contributed by atoms with Crippen molar-refractivity contribution in [2.24, 2.45) is 0 Å². The van der Waals surface area contributed by atoms with Gasteiger partial charge in [-0.25, -0.2) is 0 Å². The summed E-state index contributed by atoms with van der Waals surface area (Å²) in [6, 6.07) is 0.463. The highest BCUT2D eigenvalue weighted by Gasteiger charge is 2.13. The van der Waals surface area contributed by atoms with E-state index in [0.717, 1.165) is 23.5 Å². The minimum atomic E-state index is 0.463. The number of hydrogen-bond donors (Lipinski definition) is 1. The molecule has 2 heterocycles. The van der Waals surface area contributed by atoms with Gasteiger partial charge < -0.3 is 9.73 Å². The Labute approximate surface area is 104 Å². The zero-order valence-corrected chi connectivity index (χ0v) is 10.9. The van der Waals surface area contributed by atoms with Crippen LogP contribution < -0.4 is 5.32 Å². The molecule has 0 aromatic carbocycles. The van der Waals surface area contributed by atoms with Crippen molar-refractivity contribution in [1.29, 1.82) is 0 Å². The van der Waals surface area contributed by atoms with Crippen LogP contribution in [0.4, 0.5) is 0 Å². The van der Waals surface area contributed by atoms with Crippen molar-refractivity contribution >= 4 is 11.5 Å². The summed E-state index contributed by atoms with van der Waals surface area (Å²) >= 11 is 1.27. The van der Waals surface area contributed by atoms with Crippen molar-refractivity contribution in [2.75, 3.05) is 6.54 Å². The van der Waals surface area contributed by atoms with Gasteiger partial charge in [0.25, 0.3) is 5.89 Å². The van der Waals surface area contributed by atoms with E-state index in [1.54, 1.807) is 0 Å². The molecule has 0 fully saturated rings. The van der Waals surface area contributed by atoms with E-state index in [0.29, 0.717) is 17.8 Å². The summed E-state index contributed by atoms with van der Waals surface area (Å²) < 4.78 is 9.40. The monoisotopic (exact) mass is 253 g/mol. The Morgan fingerprint density at radius 3 is 2.76 bits per heavy atom. The Hall–Kier alpha value is -1.34. The molecule has 92 valence electrons. The highest BCUT2D eigenvalue weighted by Crippen LogP contribution is 2.23. The van der Waals surface area contributed by atoms with Gasteiger partial charge in [0.05, 0.1) is 5.69 Å². The van der Waals surface area contributed by atoms with Crippen molar-refractivity contribution in [3.05, 3.63) is 11.6 Å². The number of nitrogens with zero attached hydrogens (tertiary/aromatic N) is 4. The summed E-state index contributed by atoms with van der Waals surface area (Å²) in [5.41, 5.74) is 0.825. The molecule has 0 aliphatic carbocycles. The van der Waals surface area contributed by atoms with Gasteiger partial charge in [-0.3, -0.25) is 0 Å². The Morgan fingerprint density at radius 2 is 2.12 bits per heavy atom. The van der Waals surface area contributed by atoms with E-state index < -0.39 is 0 Å². The second-order valence-corrected chi connectivity index (χ2v) is 4.80. The van der Waals surface area contributed by atoms with E-state index in [1.165, 1.54) is 11.5 Å². The van der Waals surface area contributed by atoms with Crippen molar-refractivity contribution < 1.29 is 4.42 Å². The third-order valence-electron chi connectivity index (χ3n) is 2.20. The Morgan fingerprint density at radius 1 is 1.29 bits per heavy atom. The molecule has 6 nitrogen and oxygen atoms in total. The summed E-state index contributed by atoms with van der Waals surface area (Å²) in [6.45, 7) is 6.92. The number of hydrogen-bond acceptors (Lipinski definition) is 7. The van der Waals surface area contributed by atoms with Crippen LogP contribution in [-0.4, -0.2) is 32.4 Å². The van der Waals surface area contributed by atoms with Crippen LogP contribution in [0.1, 0.15) is 25.4 Å². The van der Waals surface area contributed by atoms with Crippen LogP contribution in [0.5, 0.6) is 0 Å². The van der Waals surface area contributed by atoms with E-state index in [2.05, 4.69) is 38.9 Å². The molecule has 0 unspecified atom stereocenters. The first-order chi connectivity index (χ1) is 8.16. The van der Waals surface area contributed by atoms with E-state index in [1.807, 2.05) is 6.92 Å². The molecule has 0 amide bonds. The lowest BCUT2D eigenvalue weighted by Crippen LogP contribution is -2.25. The van der Waals surface area contributed by atoms with Gasteiger partial charge >= 0.3 is 0 Å². The molecular formula is C10H15N5OS. The molecule has 0 saturated heterocycles. The van der Waals surface area contributed by atoms with Crippen LogP contribution in [0.15, 0.2) is 4.42 Å². The molecule has 17 heavy (non-hydrogen) atoms. The molecule has 0 spiro atoms. The number of aromatic nitrogens is 4. The maximum absolute atomic E-state index is 5.56. The molecule has 2 aromatic rings. The molecule has 2 aromatic heterocycles.